The first-order valence-corrected chi connectivity index (χ1v) is 17.3. The van der Waals surface area contributed by atoms with Gasteiger partial charge in [-0.1, -0.05) is 25.1 Å². The number of hydrogen-bond donors (Lipinski definition) is 2. The Kier molecular flexibility index (Phi) is 6.64. The second-order valence-electron chi connectivity index (χ2n) is 12.1. The van der Waals surface area contributed by atoms with E-state index in [2.05, 4.69) is 0 Å². The Labute approximate surface area is 235 Å². The monoisotopic (exact) mass is 563 g/mol. The smallest absolute Gasteiger partial charge is 0.268 e. The van der Waals surface area contributed by atoms with Crippen LogP contribution in [-0.2, 0) is 24.7 Å². The SMILES string of the molecule is C[C@@H]1[C@@H]([Si](C)(C)O)[C@H](CC(=O)N2CCC[C@H]2CO)O[C@@]12C(=O)N(c1ccccc1)c1ccc(N3CCC3=O)cc12. The van der Waals surface area contributed by atoms with Crippen molar-refractivity contribution in [2.24, 2.45) is 5.92 Å². The van der Waals surface area contributed by atoms with Gasteiger partial charge in [0.1, 0.15) is 0 Å². The summed E-state index contributed by atoms with van der Waals surface area (Å²) in [5, 5.41) is 9.80. The summed E-state index contributed by atoms with van der Waals surface area (Å²) in [5.41, 5.74) is 0.954. The van der Waals surface area contributed by atoms with E-state index >= 15 is 0 Å². The molecule has 4 heterocycles. The molecule has 2 aromatic rings. The molecule has 6 rings (SSSR count). The molecule has 5 atom stereocenters. The molecule has 0 bridgehead atoms. The van der Waals surface area contributed by atoms with E-state index in [1.54, 1.807) is 14.7 Å². The maximum absolute atomic E-state index is 14.6. The third-order valence-electron chi connectivity index (χ3n) is 9.34. The molecule has 0 aliphatic carbocycles. The quantitative estimate of drug-likeness (QED) is 0.412. The number of β-lactam (4-membered cyclic amide) rings is 1. The Morgan fingerprint density at radius 2 is 1.85 bits per heavy atom. The van der Waals surface area contributed by atoms with Gasteiger partial charge in [0.15, 0.2) is 13.9 Å². The minimum Gasteiger partial charge on any atom is -0.432 e. The molecule has 9 nitrogen and oxygen atoms in total. The normalized spacial score (nSPS) is 29.9. The molecule has 3 amide bonds. The zero-order chi connectivity index (χ0) is 28.4. The molecule has 2 N–H and O–H groups in total. The Bertz CT molecular complexity index is 1350. The second-order valence-corrected chi connectivity index (χ2v) is 16.1. The van der Waals surface area contributed by atoms with E-state index in [0.29, 0.717) is 42.1 Å². The number of aliphatic hydroxyl groups is 1. The number of amides is 3. The summed E-state index contributed by atoms with van der Waals surface area (Å²) >= 11 is 0. The van der Waals surface area contributed by atoms with Crippen molar-refractivity contribution in [1.82, 2.24) is 4.90 Å². The van der Waals surface area contributed by atoms with Crippen molar-refractivity contribution in [2.75, 3.05) is 29.5 Å². The molecular formula is C30H37N3O6Si. The summed E-state index contributed by atoms with van der Waals surface area (Å²) in [6, 6.07) is 14.8. The van der Waals surface area contributed by atoms with Gasteiger partial charge in [-0.25, -0.2) is 0 Å². The van der Waals surface area contributed by atoms with E-state index in [1.165, 1.54) is 0 Å². The van der Waals surface area contributed by atoms with Gasteiger partial charge in [-0.2, -0.15) is 0 Å². The minimum absolute atomic E-state index is 0.0303. The number of carbonyl (C=O) groups is 3. The Hall–Kier alpha value is -3.05. The highest BCUT2D eigenvalue weighted by atomic mass is 28.4. The number of carbonyl (C=O) groups excluding carboxylic acids is 3. The lowest BCUT2D eigenvalue weighted by molar-refractivity contribution is -0.149. The van der Waals surface area contributed by atoms with Crippen LogP contribution in [0.3, 0.4) is 0 Å². The zero-order valence-corrected chi connectivity index (χ0v) is 24.2. The molecule has 3 fully saturated rings. The van der Waals surface area contributed by atoms with Gasteiger partial charge in [-0.15, -0.1) is 0 Å². The van der Waals surface area contributed by atoms with Crippen molar-refractivity contribution in [3.05, 3.63) is 54.1 Å². The van der Waals surface area contributed by atoms with Crippen molar-refractivity contribution in [2.45, 2.75) is 69.0 Å². The van der Waals surface area contributed by atoms with Crippen LogP contribution in [0.2, 0.25) is 18.6 Å². The van der Waals surface area contributed by atoms with Crippen molar-refractivity contribution >= 4 is 43.1 Å². The van der Waals surface area contributed by atoms with Crippen LogP contribution in [0.1, 0.15) is 38.2 Å². The molecule has 0 radical (unpaired) electrons. The first-order chi connectivity index (χ1) is 19.1. The predicted octanol–water partition coefficient (Wildman–Crippen LogP) is 3.27. The van der Waals surface area contributed by atoms with E-state index < -0.39 is 31.5 Å². The zero-order valence-electron chi connectivity index (χ0n) is 23.2. The third kappa shape index (κ3) is 4.03. The number of rotatable bonds is 6. The van der Waals surface area contributed by atoms with Crippen LogP contribution in [0.15, 0.2) is 48.5 Å². The van der Waals surface area contributed by atoms with Gasteiger partial charge in [0, 0.05) is 47.9 Å². The summed E-state index contributed by atoms with van der Waals surface area (Å²) in [4.78, 5) is 57.1. The highest BCUT2D eigenvalue weighted by molar-refractivity contribution is 6.71. The van der Waals surface area contributed by atoms with Crippen LogP contribution in [0.5, 0.6) is 0 Å². The maximum Gasteiger partial charge on any atom is 0.268 e. The molecule has 10 heteroatoms. The van der Waals surface area contributed by atoms with E-state index in [9.17, 15) is 24.3 Å². The largest absolute Gasteiger partial charge is 0.432 e. The van der Waals surface area contributed by atoms with Crippen LogP contribution in [-0.4, -0.2) is 72.7 Å². The van der Waals surface area contributed by atoms with Gasteiger partial charge in [-0.3, -0.25) is 19.3 Å². The number of ether oxygens (including phenoxy) is 1. The predicted molar refractivity (Wildman–Crippen MR) is 153 cm³/mol. The summed E-state index contributed by atoms with van der Waals surface area (Å²) in [6.45, 7) is 6.74. The van der Waals surface area contributed by atoms with Gasteiger partial charge in [0.2, 0.25) is 11.8 Å². The Morgan fingerprint density at radius 1 is 1.10 bits per heavy atom. The van der Waals surface area contributed by atoms with E-state index in [0.717, 1.165) is 12.8 Å². The van der Waals surface area contributed by atoms with Crippen LogP contribution in [0, 0.1) is 5.92 Å². The first-order valence-electron chi connectivity index (χ1n) is 14.2. The molecular weight excluding hydrogens is 526 g/mol. The molecule has 4 aliphatic heterocycles. The van der Waals surface area contributed by atoms with Gasteiger partial charge in [0.05, 0.1) is 30.9 Å². The van der Waals surface area contributed by atoms with Crippen molar-refractivity contribution in [3.63, 3.8) is 0 Å². The van der Waals surface area contributed by atoms with E-state index in [1.807, 2.05) is 68.5 Å². The lowest BCUT2D eigenvalue weighted by Crippen LogP contribution is -2.45. The highest BCUT2D eigenvalue weighted by Crippen LogP contribution is 2.61. The highest BCUT2D eigenvalue weighted by Gasteiger charge is 2.67. The maximum atomic E-state index is 14.6. The summed E-state index contributed by atoms with van der Waals surface area (Å²) in [7, 11) is -2.95. The van der Waals surface area contributed by atoms with Gasteiger partial charge in [-0.05, 0) is 56.3 Å². The van der Waals surface area contributed by atoms with Crippen LogP contribution >= 0.6 is 0 Å². The van der Waals surface area contributed by atoms with Crippen molar-refractivity contribution in [3.8, 4) is 0 Å². The first kappa shape index (κ1) is 27.1. The van der Waals surface area contributed by atoms with E-state index in [-0.39, 0.29) is 36.8 Å². The molecule has 2 aromatic carbocycles. The van der Waals surface area contributed by atoms with Crippen LogP contribution in [0.4, 0.5) is 17.1 Å². The number of hydrogen-bond acceptors (Lipinski definition) is 6. The van der Waals surface area contributed by atoms with Crippen LogP contribution < -0.4 is 9.80 Å². The van der Waals surface area contributed by atoms with Crippen molar-refractivity contribution in [1.29, 1.82) is 0 Å². The fourth-order valence-electron chi connectivity index (χ4n) is 7.42. The summed E-state index contributed by atoms with van der Waals surface area (Å²) in [5.74, 6) is -0.764. The van der Waals surface area contributed by atoms with Crippen LogP contribution in [0.25, 0.3) is 0 Å². The summed E-state index contributed by atoms with van der Waals surface area (Å²) < 4.78 is 6.83. The molecule has 1 spiro atoms. The number of para-hydroxylation sites is 1. The van der Waals surface area contributed by atoms with Gasteiger partial charge < -0.3 is 24.4 Å². The minimum atomic E-state index is -2.95. The third-order valence-corrected chi connectivity index (χ3v) is 11.8. The standard InChI is InChI=1S/C30H37N3O6Si/c1-19-28(40(2,3)38)25(17-27(36)31-14-7-10-22(31)18-34)39-30(19)23-16-21(32-15-13-26(32)35)11-12-24(23)33(29(30)37)20-8-5-4-6-9-20/h4-6,8-9,11-12,16,19,22,25,28,34,38H,7,10,13-15,17-18H2,1-3H3/t19-,22+,25+,28-,30+/m1/s1. The molecule has 0 saturated carbocycles. The number of fused-ring (bicyclic) bond motifs is 2. The second kappa shape index (κ2) is 9.80. The average Bonchev–Trinajstić information content (AvgIpc) is 3.57. The summed E-state index contributed by atoms with van der Waals surface area (Å²) in [6.07, 6.45) is 1.45. The molecule has 4 aliphatic rings. The Balaban J connectivity index is 1.45. The molecule has 3 saturated heterocycles. The molecule has 0 aromatic heterocycles. The molecule has 212 valence electrons. The topological polar surface area (TPSA) is 111 Å². The van der Waals surface area contributed by atoms with E-state index in [4.69, 9.17) is 4.74 Å². The number of aliphatic hydroxyl groups excluding tert-OH is 1. The van der Waals surface area contributed by atoms with Gasteiger partial charge in [0.25, 0.3) is 5.91 Å². The fraction of sp³-hybridized carbons (Fsp3) is 0.500. The lowest BCUT2D eigenvalue weighted by Gasteiger charge is -2.33. The average molecular weight is 564 g/mol. The molecule has 40 heavy (non-hydrogen) atoms. The number of benzene rings is 2. The fourth-order valence-corrected chi connectivity index (χ4v) is 9.98. The lowest BCUT2D eigenvalue weighted by atomic mass is 9.82. The number of nitrogens with zero attached hydrogens (tertiary/aromatic N) is 3. The molecule has 0 unspecified atom stereocenters. The Morgan fingerprint density at radius 3 is 2.48 bits per heavy atom. The van der Waals surface area contributed by atoms with Crippen molar-refractivity contribution < 1.29 is 29.0 Å². The number of likely N-dealkylation sites (tertiary alicyclic amines) is 1. The number of anilines is 3. The van der Waals surface area contributed by atoms with Gasteiger partial charge >= 0.3 is 0 Å².